The zero-order chi connectivity index (χ0) is 14.9. The molecule has 0 aliphatic carbocycles. The van der Waals surface area contributed by atoms with Crippen molar-refractivity contribution in [2.75, 3.05) is 0 Å². The van der Waals surface area contributed by atoms with Crippen molar-refractivity contribution < 1.29 is 0 Å². The largest absolute Gasteiger partial charge is 0.0683 e. The quantitative estimate of drug-likeness (QED) is 0.489. The van der Waals surface area contributed by atoms with Crippen LogP contribution in [0, 0.1) is 11.3 Å². The van der Waals surface area contributed by atoms with Gasteiger partial charge in [-0.1, -0.05) is 102 Å². The van der Waals surface area contributed by atoms with Crippen molar-refractivity contribution in [3.05, 3.63) is 0 Å². The lowest BCUT2D eigenvalue weighted by atomic mass is 9.94. The molecule has 17 heavy (non-hydrogen) atoms. The van der Waals surface area contributed by atoms with Gasteiger partial charge in [0.25, 0.3) is 0 Å². The molecule has 110 valence electrons. The molecule has 0 rings (SSSR count). The Bertz CT molecular complexity index is 86.7. The first-order valence-corrected chi connectivity index (χ1v) is 7.87. The van der Waals surface area contributed by atoms with Gasteiger partial charge >= 0.3 is 0 Å². The summed E-state index contributed by atoms with van der Waals surface area (Å²) >= 11 is 0. The van der Waals surface area contributed by atoms with Gasteiger partial charge in [0.05, 0.1) is 0 Å². The van der Waals surface area contributed by atoms with E-state index < -0.39 is 0 Å². The van der Waals surface area contributed by atoms with E-state index in [0.29, 0.717) is 5.41 Å². The van der Waals surface area contributed by atoms with Gasteiger partial charge in [0, 0.05) is 0 Å². The Balaban J connectivity index is -0.0000000772. The Morgan fingerprint density at radius 2 is 1.12 bits per heavy atom. The van der Waals surface area contributed by atoms with Gasteiger partial charge in [-0.15, -0.1) is 0 Å². The van der Waals surface area contributed by atoms with Crippen molar-refractivity contribution in [3.63, 3.8) is 0 Å². The summed E-state index contributed by atoms with van der Waals surface area (Å²) in [6, 6.07) is 0. The highest BCUT2D eigenvalue weighted by molar-refractivity contribution is 4.55. The lowest BCUT2D eigenvalue weighted by Crippen LogP contribution is -2.00. The zero-order valence-electron chi connectivity index (χ0n) is 14.9. The van der Waals surface area contributed by atoms with E-state index in [1.807, 2.05) is 27.7 Å². The van der Waals surface area contributed by atoms with E-state index in [0.717, 1.165) is 5.92 Å². The van der Waals surface area contributed by atoms with Crippen LogP contribution in [0.1, 0.15) is 102 Å². The van der Waals surface area contributed by atoms with Crippen LogP contribution in [0.2, 0.25) is 0 Å². The SMILES string of the molecule is CC.CC.CCC(C)(C)C.CCCC(C)CC. The third-order valence-electron chi connectivity index (χ3n) is 2.54. The first-order valence-electron chi connectivity index (χ1n) is 7.87. The van der Waals surface area contributed by atoms with E-state index in [-0.39, 0.29) is 0 Å². The van der Waals surface area contributed by atoms with Crippen LogP contribution in [0.5, 0.6) is 0 Å². The summed E-state index contributed by atoms with van der Waals surface area (Å²) < 4.78 is 0. The molecular weight excluding hydrogens is 204 g/mol. The Hall–Kier alpha value is 0. The monoisotopic (exact) mass is 246 g/mol. The molecule has 0 spiro atoms. The van der Waals surface area contributed by atoms with Crippen LogP contribution in [0.15, 0.2) is 0 Å². The van der Waals surface area contributed by atoms with Crippen molar-refractivity contribution in [1.82, 2.24) is 0 Å². The molecule has 0 aliphatic heterocycles. The van der Waals surface area contributed by atoms with Crippen LogP contribution in [0.25, 0.3) is 0 Å². The lowest BCUT2D eigenvalue weighted by molar-refractivity contribution is 0.398. The third kappa shape index (κ3) is 49.0. The molecule has 0 saturated heterocycles. The van der Waals surface area contributed by atoms with Gasteiger partial charge in [0.2, 0.25) is 0 Å². The Kier molecular flexibility index (Phi) is 32.3. The first-order chi connectivity index (χ1) is 7.87. The molecule has 0 fully saturated rings. The van der Waals surface area contributed by atoms with Crippen LogP contribution in [0.3, 0.4) is 0 Å². The molecule has 0 aromatic heterocycles. The van der Waals surface area contributed by atoms with Gasteiger partial charge in [-0.25, -0.2) is 0 Å². The predicted octanol–water partition coefficient (Wildman–Crippen LogP) is 7.33. The van der Waals surface area contributed by atoms with Crippen LogP contribution >= 0.6 is 0 Å². The summed E-state index contributed by atoms with van der Waals surface area (Å²) in [6.07, 6.45) is 5.35. The number of rotatable bonds is 3. The average Bonchev–Trinajstić information content (AvgIpc) is 2.34. The van der Waals surface area contributed by atoms with Gasteiger partial charge in [0.1, 0.15) is 0 Å². The fourth-order valence-electron chi connectivity index (χ4n) is 0.697. The fourth-order valence-corrected chi connectivity index (χ4v) is 0.697. The van der Waals surface area contributed by atoms with Crippen LogP contribution in [0.4, 0.5) is 0 Å². The maximum absolute atomic E-state index is 2.31. The molecule has 0 radical (unpaired) electrons. The number of hydrogen-bond donors (Lipinski definition) is 0. The topological polar surface area (TPSA) is 0 Å². The molecule has 0 saturated carbocycles. The molecule has 1 atom stereocenters. The van der Waals surface area contributed by atoms with Crippen LogP contribution in [-0.2, 0) is 0 Å². The van der Waals surface area contributed by atoms with Crippen molar-refractivity contribution >= 4 is 0 Å². The van der Waals surface area contributed by atoms with Crippen molar-refractivity contribution in [1.29, 1.82) is 0 Å². The van der Waals surface area contributed by atoms with E-state index in [4.69, 9.17) is 0 Å². The normalized spacial score (nSPS) is 10.8. The minimum atomic E-state index is 0.542. The minimum Gasteiger partial charge on any atom is -0.0683 e. The Morgan fingerprint density at radius 1 is 0.824 bits per heavy atom. The van der Waals surface area contributed by atoms with E-state index in [9.17, 15) is 0 Å². The highest BCUT2D eigenvalue weighted by Gasteiger charge is 2.03. The first kappa shape index (κ1) is 25.8. The maximum Gasteiger partial charge on any atom is -0.0385 e. The second-order valence-corrected chi connectivity index (χ2v) is 5.22. The van der Waals surface area contributed by atoms with Gasteiger partial charge in [-0.2, -0.15) is 0 Å². The molecule has 0 N–H and O–H groups in total. The summed E-state index contributed by atoms with van der Waals surface area (Å²) in [7, 11) is 0. The van der Waals surface area contributed by atoms with Gasteiger partial charge < -0.3 is 0 Å². The Morgan fingerprint density at radius 3 is 1.18 bits per heavy atom. The molecule has 0 amide bonds. The van der Waals surface area contributed by atoms with Crippen molar-refractivity contribution in [2.24, 2.45) is 11.3 Å². The average molecular weight is 247 g/mol. The zero-order valence-corrected chi connectivity index (χ0v) is 14.9. The lowest BCUT2D eigenvalue weighted by Gasteiger charge is -2.12. The van der Waals surface area contributed by atoms with E-state index in [1.165, 1.54) is 25.7 Å². The predicted molar refractivity (Wildman–Crippen MR) is 86.8 cm³/mol. The second-order valence-electron chi connectivity index (χ2n) is 5.22. The summed E-state index contributed by atoms with van der Waals surface area (Å²) in [6.45, 7) is 23.7. The minimum absolute atomic E-state index is 0.542. The van der Waals surface area contributed by atoms with Crippen LogP contribution < -0.4 is 0 Å². The van der Waals surface area contributed by atoms with Crippen LogP contribution in [-0.4, -0.2) is 0 Å². The molecule has 0 bridgehead atoms. The molecule has 0 aliphatic rings. The third-order valence-corrected chi connectivity index (χ3v) is 2.54. The second kappa shape index (κ2) is 21.3. The summed E-state index contributed by atoms with van der Waals surface area (Å²) in [5, 5.41) is 0. The van der Waals surface area contributed by atoms with E-state index in [2.05, 4.69) is 48.5 Å². The summed E-state index contributed by atoms with van der Waals surface area (Å²) in [4.78, 5) is 0. The standard InChI is InChI=1S/C7H16.C6H14.2C2H6/c1-4-6-7(3)5-2;1-5-6(2,3)4;2*1-2/h7H,4-6H2,1-3H3;5H2,1-4H3;2*1-2H3. The highest BCUT2D eigenvalue weighted by atomic mass is 14.1. The van der Waals surface area contributed by atoms with Crippen molar-refractivity contribution in [2.45, 2.75) is 102 Å². The van der Waals surface area contributed by atoms with E-state index in [1.54, 1.807) is 0 Å². The summed E-state index contributed by atoms with van der Waals surface area (Å²) in [5.41, 5.74) is 0.542. The van der Waals surface area contributed by atoms with Gasteiger partial charge in [-0.3, -0.25) is 0 Å². The molecule has 0 aromatic rings. The smallest absolute Gasteiger partial charge is 0.0385 e. The Labute approximate surface area is 114 Å². The maximum atomic E-state index is 2.31. The van der Waals surface area contributed by atoms with Crippen molar-refractivity contribution in [3.8, 4) is 0 Å². The molecule has 0 aromatic carbocycles. The summed E-state index contributed by atoms with van der Waals surface area (Å²) in [5.74, 6) is 0.949. The van der Waals surface area contributed by atoms with E-state index >= 15 is 0 Å². The molecule has 0 heteroatoms. The molecule has 0 heterocycles. The molecular formula is C17H42. The highest BCUT2D eigenvalue weighted by Crippen LogP contribution is 2.16. The fraction of sp³-hybridized carbons (Fsp3) is 1.00. The van der Waals surface area contributed by atoms with Gasteiger partial charge in [0.15, 0.2) is 0 Å². The van der Waals surface area contributed by atoms with Gasteiger partial charge in [-0.05, 0) is 11.3 Å². The number of hydrogen-bond acceptors (Lipinski definition) is 0. The molecule has 0 nitrogen and oxygen atoms in total. The molecule has 1 unspecified atom stereocenters.